The van der Waals surface area contributed by atoms with E-state index in [0.717, 1.165) is 31.3 Å². The lowest BCUT2D eigenvalue weighted by Crippen LogP contribution is -2.43. The van der Waals surface area contributed by atoms with Crippen LogP contribution < -0.4 is 16.0 Å². The zero-order valence-electron chi connectivity index (χ0n) is 12.6. The Labute approximate surface area is 129 Å². The number of ether oxygens (including phenoxy) is 1. The second-order valence-electron chi connectivity index (χ2n) is 4.83. The van der Waals surface area contributed by atoms with Gasteiger partial charge in [-0.1, -0.05) is 11.3 Å². The van der Waals surface area contributed by atoms with E-state index in [4.69, 9.17) is 10.5 Å². The first-order valence-corrected chi connectivity index (χ1v) is 7.99. The number of hydrogen-bond acceptors (Lipinski definition) is 7. The Kier molecular flexibility index (Phi) is 5.77. The summed E-state index contributed by atoms with van der Waals surface area (Å²) < 4.78 is 5.04. The van der Waals surface area contributed by atoms with Crippen molar-refractivity contribution in [2.24, 2.45) is 0 Å². The van der Waals surface area contributed by atoms with E-state index in [2.05, 4.69) is 15.2 Å². The molecule has 0 spiro atoms. The van der Waals surface area contributed by atoms with Crippen molar-refractivity contribution in [1.82, 2.24) is 15.2 Å². The van der Waals surface area contributed by atoms with Gasteiger partial charge < -0.3 is 25.6 Å². The van der Waals surface area contributed by atoms with Crippen LogP contribution in [-0.2, 0) is 4.74 Å². The first kappa shape index (κ1) is 16.0. The number of aromatic nitrogens is 1. The maximum absolute atomic E-state index is 12.5. The largest absolute Gasteiger partial charge is 0.383 e. The van der Waals surface area contributed by atoms with Crippen LogP contribution in [-0.4, -0.2) is 68.8 Å². The molecule has 2 heterocycles. The minimum Gasteiger partial charge on any atom is -0.383 e. The summed E-state index contributed by atoms with van der Waals surface area (Å²) in [6.07, 6.45) is 0. The Bertz CT molecular complexity index is 473. The van der Waals surface area contributed by atoms with Gasteiger partial charge in [0.05, 0.1) is 6.61 Å². The number of carbonyl (C=O) groups excluding carboxylic acids is 1. The Morgan fingerprint density at radius 3 is 2.86 bits per heavy atom. The topological polar surface area (TPSA) is 83.7 Å². The van der Waals surface area contributed by atoms with Crippen LogP contribution in [0.5, 0.6) is 0 Å². The highest BCUT2D eigenvalue weighted by atomic mass is 32.1. The average Bonchev–Trinajstić information content (AvgIpc) is 2.90. The molecule has 1 aromatic rings. The third-order valence-electron chi connectivity index (χ3n) is 3.46. The molecule has 0 unspecified atom stereocenters. The van der Waals surface area contributed by atoms with Crippen molar-refractivity contribution in [2.75, 3.05) is 63.6 Å². The van der Waals surface area contributed by atoms with E-state index in [1.807, 2.05) is 6.92 Å². The molecule has 0 saturated carbocycles. The molecule has 7 nitrogen and oxygen atoms in total. The van der Waals surface area contributed by atoms with Crippen LogP contribution in [0.2, 0.25) is 0 Å². The molecule has 1 saturated heterocycles. The lowest BCUT2D eigenvalue weighted by Gasteiger charge is -2.26. The number of nitrogens with two attached hydrogens (primary N) is 1. The fourth-order valence-corrected chi connectivity index (χ4v) is 3.22. The molecule has 1 aliphatic rings. The van der Waals surface area contributed by atoms with Crippen molar-refractivity contribution in [3.8, 4) is 0 Å². The van der Waals surface area contributed by atoms with Crippen molar-refractivity contribution in [2.45, 2.75) is 6.92 Å². The van der Waals surface area contributed by atoms with Crippen LogP contribution in [0.3, 0.4) is 0 Å². The van der Waals surface area contributed by atoms with E-state index in [9.17, 15) is 4.79 Å². The molecule has 3 N–H and O–H groups in total. The second kappa shape index (κ2) is 7.58. The van der Waals surface area contributed by atoms with Crippen LogP contribution in [0.1, 0.15) is 16.6 Å². The van der Waals surface area contributed by atoms with Gasteiger partial charge in [0.2, 0.25) is 0 Å². The smallest absolute Gasteiger partial charge is 0.267 e. The number of likely N-dealkylation sites (N-methyl/N-ethyl adjacent to an activating group) is 1. The molecule has 1 amide bonds. The molecular weight excluding hydrogens is 290 g/mol. The summed E-state index contributed by atoms with van der Waals surface area (Å²) in [4.78, 5) is 21.3. The van der Waals surface area contributed by atoms with Gasteiger partial charge in [0.25, 0.3) is 5.91 Å². The molecule has 0 atom stereocenters. The molecule has 0 radical (unpaired) electrons. The zero-order chi connectivity index (χ0) is 15.2. The highest BCUT2D eigenvalue weighted by Crippen LogP contribution is 2.29. The van der Waals surface area contributed by atoms with E-state index in [-0.39, 0.29) is 5.91 Å². The van der Waals surface area contributed by atoms with Gasteiger partial charge in [-0.25, -0.2) is 4.98 Å². The monoisotopic (exact) mass is 313 g/mol. The fraction of sp³-hybridized carbons (Fsp3) is 0.692. The summed E-state index contributed by atoms with van der Waals surface area (Å²) in [6.45, 7) is 7.29. The van der Waals surface area contributed by atoms with Crippen molar-refractivity contribution < 1.29 is 9.53 Å². The number of hydrogen-bond donors (Lipinski definition) is 2. The Hall–Kier alpha value is -1.38. The highest BCUT2D eigenvalue weighted by molar-refractivity contribution is 7.18. The number of methoxy groups -OCH3 is 1. The molecule has 2 rings (SSSR count). The maximum Gasteiger partial charge on any atom is 0.267 e. The maximum atomic E-state index is 12.5. The Morgan fingerprint density at radius 2 is 2.24 bits per heavy atom. The van der Waals surface area contributed by atoms with Crippen molar-refractivity contribution in [1.29, 1.82) is 0 Å². The van der Waals surface area contributed by atoms with Crippen LogP contribution in [0.15, 0.2) is 0 Å². The van der Waals surface area contributed by atoms with E-state index in [0.29, 0.717) is 30.4 Å². The number of piperazine rings is 1. The number of anilines is 2. The average molecular weight is 313 g/mol. The number of carbonyl (C=O) groups is 1. The Balaban J connectivity index is 2.11. The van der Waals surface area contributed by atoms with E-state index < -0.39 is 0 Å². The van der Waals surface area contributed by atoms with Gasteiger partial charge in [0, 0.05) is 46.4 Å². The minimum atomic E-state index is -0.0639. The standard InChI is InChI=1S/C13H23N5O2S/c1-3-17(8-9-20-2)12(19)10-11(14)16-13(21-10)18-6-4-15-5-7-18/h15H,3-9,14H2,1-2H3. The SMILES string of the molecule is CCN(CCOC)C(=O)c1sc(N2CCNCC2)nc1N. The molecular formula is C13H23N5O2S. The molecule has 118 valence electrons. The second-order valence-corrected chi connectivity index (χ2v) is 5.80. The van der Waals surface area contributed by atoms with Gasteiger partial charge in [-0.3, -0.25) is 4.79 Å². The normalized spacial score (nSPS) is 15.2. The fourth-order valence-electron chi connectivity index (χ4n) is 2.21. The molecule has 1 fully saturated rings. The third kappa shape index (κ3) is 3.84. The predicted octanol–water partition coefficient (Wildman–Crippen LogP) is 0.243. The number of amides is 1. The third-order valence-corrected chi connectivity index (χ3v) is 4.58. The van der Waals surface area contributed by atoms with Crippen LogP contribution in [0, 0.1) is 0 Å². The van der Waals surface area contributed by atoms with Gasteiger partial charge in [0.1, 0.15) is 10.7 Å². The summed E-state index contributed by atoms with van der Waals surface area (Å²) in [5.74, 6) is 0.264. The molecule has 0 aliphatic carbocycles. The molecule has 1 aromatic heterocycles. The molecule has 21 heavy (non-hydrogen) atoms. The first-order valence-electron chi connectivity index (χ1n) is 7.17. The molecule has 0 bridgehead atoms. The van der Waals surface area contributed by atoms with Gasteiger partial charge in [0.15, 0.2) is 5.13 Å². The predicted molar refractivity (Wildman–Crippen MR) is 85.1 cm³/mol. The Morgan fingerprint density at radius 1 is 1.52 bits per heavy atom. The van der Waals surface area contributed by atoms with Gasteiger partial charge in [-0.15, -0.1) is 0 Å². The number of nitrogens with zero attached hydrogens (tertiary/aromatic N) is 3. The van der Waals surface area contributed by atoms with Crippen molar-refractivity contribution in [3.63, 3.8) is 0 Å². The summed E-state index contributed by atoms with van der Waals surface area (Å²) in [6, 6.07) is 0. The van der Waals surface area contributed by atoms with E-state index in [1.165, 1.54) is 11.3 Å². The lowest BCUT2D eigenvalue weighted by molar-refractivity contribution is 0.0712. The van der Waals surface area contributed by atoms with Gasteiger partial charge in [-0.05, 0) is 6.92 Å². The van der Waals surface area contributed by atoms with Gasteiger partial charge >= 0.3 is 0 Å². The number of thiazole rings is 1. The van der Waals surface area contributed by atoms with Crippen LogP contribution in [0.25, 0.3) is 0 Å². The lowest BCUT2D eigenvalue weighted by atomic mass is 10.4. The summed E-state index contributed by atoms with van der Waals surface area (Å²) in [5.41, 5.74) is 5.95. The zero-order valence-corrected chi connectivity index (χ0v) is 13.4. The van der Waals surface area contributed by atoms with Crippen LogP contribution in [0.4, 0.5) is 10.9 Å². The summed E-state index contributed by atoms with van der Waals surface area (Å²) in [5, 5.41) is 4.13. The molecule has 0 aromatic carbocycles. The first-order chi connectivity index (χ1) is 10.2. The van der Waals surface area contributed by atoms with Crippen LogP contribution >= 0.6 is 11.3 Å². The minimum absolute atomic E-state index is 0.0639. The molecule has 1 aliphatic heterocycles. The summed E-state index contributed by atoms with van der Waals surface area (Å²) in [7, 11) is 1.63. The molecule has 8 heteroatoms. The number of rotatable bonds is 6. The number of nitrogen functional groups attached to an aromatic ring is 1. The van der Waals surface area contributed by atoms with E-state index >= 15 is 0 Å². The van der Waals surface area contributed by atoms with Crippen molar-refractivity contribution >= 4 is 28.2 Å². The van der Waals surface area contributed by atoms with E-state index in [1.54, 1.807) is 12.0 Å². The highest BCUT2D eigenvalue weighted by Gasteiger charge is 2.23. The van der Waals surface area contributed by atoms with Crippen molar-refractivity contribution in [3.05, 3.63) is 4.88 Å². The van der Waals surface area contributed by atoms with Gasteiger partial charge in [-0.2, -0.15) is 0 Å². The quantitative estimate of drug-likeness (QED) is 0.783. The number of nitrogens with one attached hydrogen (secondary N) is 1. The summed E-state index contributed by atoms with van der Waals surface area (Å²) >= 11 is 1.38.